The first-order chi connectivity index (χ1) is 10.3. The Balaban J connectivity index is 2.24. The van der Waals surface area contributed by atoms with Crippen molar-refractivity contribution in [2.45, 2.75) is 24.7 Å². The summed E-state index contributed by atoms with van der Waals surface area (Å²) in [5, 5.41) is 9.53. The van der Waals surface area contributed by atoms with E-state index in [1.54, 1.807) is 24.3 Å². The second-order valence-corrected chi connectivity index (χ2v) is 7.82. The van der Waals surface area contributed by atoms with E-state index in [4.69, 9.17) is 4.74 Å². The number of ether oxygens (including phenoxy) is 1. The first-order valence-electron chi connectivity index (χ1n) is 7.12. The van der Waals surface area contributed by atoms with Gasteiger partial charge in [0, 0.05) is 26.8 Å². The zero-order valence-electron chi connectivity index (χ0n) is 12.8. The normalized spacial score (nSPS) is 18.3. The minimum absolute atomic E-state index is 0.0537. The lowest BCUT2D eigenvalue weighted by Crippen LogP contribution is -2.47. The minimum atomic E-state index is -3.70. The number of aryl methyl sites for hydroxylation is 1. The van der Waals surface area contributed by atoms with Crippen LogP contribution in [-0.2, 0) is 19.6 Å². The fourth-order valence-electron chi connectivity index (χ4n) is 2.60. The van der Waals surface area contributed by atoms with Gasteiger partial charge in [-0.2, -0.15) is 4.31 Å². The molecule has 0 aliphatic carbocycles. The van der Waals surface area contributed by atoms with Crippen LogP contribution in [0.5, 0.6) is 0 Å². The number of carboxylic acids is 1. The molecule has 122 valence electrons. The molecule has 0 saturated carbocycles. The van der Waals surface area contributed by atoms with Crippen molar-refractivity contribution in [3.8, 4) is 0 Å². The van der Waals surface area contributed by atoms with Crippen LogP contribution in [0.4, 0.5) is 0 Å². The topological polar surface area (TPSA) is 83.9 Å². The summed E-state index contributed by atoms with van der Waals surface area (Å²) in [6, 6.07) is 6.53. The lowest BCUT2D eigenvalue weighted by Gasteiger charge is -2.35. The van der Waals surface area contributed by atoms with Crippen LogP contribution in [0.3, 0.4) is 0 Å². The molecule has 1 fully saturated rings. The summed E-state index contributed by atoms with van der Waals surface area (Å²) in [4.78, 5) is 11.8. The van der Waals surface area contributed by atoms with E-state index in [9.17, 15) is 18.3 Å². The molecule has 22 heavy (non-hydrogen) atoms. The second kappa shape index (κ2) is 6.36. The number of nitrogens with zero attached hydrogens (tertiary/aromatic N) is 1. The van der Waals surface area contributed by atoms with Crippen LogP contribution in [0, 0.1) is 12.3 Å². The summed E-state index contributed by atoms with van der Waals surface area (Å²) < 4.78 is 31.5. The van der Waals surface area contributed by atoms with Crippen LogP contribution in [0.2, 0.25) is 0 Å². The van der Waals surface area contributed by atoms with E-state index in [1.165, 1.54) is 7.05 Å². The molecule has 1 aliphatic heterocycles. The molecule has 1 saturated heterocycles. The molecule has 1 aromatic carbocycles. The van der Waals surface area contributed by atoms with Gasteiger partial charge in [-0.25, -0.2) is 8.42 Å². The number of carbonyl (C=O) groups is 1. The summed E-state index contributed by atoms with van der Waals surface area (Å²) in [6.45, 7) is 2.50. The summed E-state index contributed by atoms with van der Waals surface area (Å²) >= 11 is 0. The monoisotopic (exact) mass is 327 g/mol. The van der Waals surface area contributed by atoms with Gasteiger partial charge in [0.05, 0.1) is 10.3 Å². The van der Waals surface area contributed by atoms with Gasteiger partial charge >= 0.3 is 5.97 Å². The Morgan fingerprint density at radius 1 is 1.27 bits per heavy atom. The molecule has 0 bridgehead atoms. The van der Waals surface area contributed by atoms with Crippen molar-refractivity contribution in [1.82, 2.24) is 4.31 Å². The quantitative estimate of drug-likeness (QED) is 0.886. The smallest absolute Gasteiger partial charge is 0.311 e. The number of aliphatic carboxylic acids is 1. The van der Waals surface area contributed by atoms with E-state index >= 15 is 0 Å². The molecule has 0 unspecified atom stereocenters. The highest BCUT2D eigenvalue weighted by Gasteiger charge is 2.43. The molecule has 6 nitrogen and oxygen atoms in total. The number of sulfonamides is 1. The average Bonchev–Trinajstić information content (AvgIpc) is 2.48. The highest BCUT2D eigenvalue weighted by molar-refractivity contribution is 7.89. The first-order valence-corrected chi connectivity index (χ1v) is 8.56. The second-order valence-electron chi connectivity index (χ2n) is 5.77. The average molecular weight is 327 g/mol. The third-order valence-electron chi connectivity index (χ3n) is 4.16. The molecule has 1 N–H and O–H groups in total. The number of benzene rings is 1. The maximum Gasteiger partial charge on any atom is 0.311 e. The van der Waals surface area contributed by atoms with E-state index in [-0.39, 0.29) is 11.4 Å². The Labute approximate surface area is 130 Å². The maximum atomic E-state index is 12.6. The van der Waals surface area contributed by atoms with E-state index in [0.29, 0.717) is 26.1 Å². The number of hydrogen-bond donors (Lipinski definition) is 1. The van der Waals surface area contributed by atoms with Gasteiger partial charge in [-0.15, -0.1) is 0 Å². The third-order valence-corrected chi connectivity index (χ3v) is 5.98. The number of hydrogen-bond acceptors (Lipinski definition) is 4. The Morgan fingerprint density at radius 3 is 2.32 bits per heavy atom. The molecule has 1 heterocycles. The summed E-state index contributed by atoms with van der Waals surface area (Å²) in [5.41, 5.74) is -0.113. The van der Waals surface area contributed by atoms with Gasteiger partial charge < -0.3 is 9.84 Å². The fraction of sp³-hybridized carbons (Fsp3) is 0.533. The molecule has 0 aromatic heterocycles. The van der Waals surface area contributed by atoms with Gasteiger partial charge in [-0.1, -0.05) is 17.7 Å². The van der Waals surface area contributed by atoms with Crippen LogP contribution >= 0.6 is 0 Å². The highest BCUT2D eigenvalue weighted by atomic mass is 32.2. The van der Waals surface area contributed by atoms with Crippen molar-refractivity contribution in [3.63, 3.8) is 0 Å². The SMILES string of the molecule is Cc1ccc(S(=O)(=O)N(C)CC2(C(=O)O)CCOCC2)cc1. The molecule has 7 heteroatoms. The highest BCUT2D eigenvalue weighted by Crippen LogP contribution is 2.33. The van der Waals surface area contributed by atoms with Crippen LogP contribution in [0.1, 0.15) is 18.4 Å². The molecular formula is C15H21NO5S. The Bertz CT molecular complexity index is 632. The van der Waals surface area contributed by atoms with Gasteiger partial charge in [0.1, 0.15) is 0 Å². The van der Waals surface area contributed by atoms with Crippen LogP contribution in [0.15, 0.2) is 29.2 Å². The summed E-state index contributed by atoms with van der Waals surface area (Å²) in [7, 11) is -2.27. The van der Waals surface area contributed by atoms with Gasteiger partial charge in [0.15, 0.2) is 0 Å². The van der Waals surface area contributed by atoms with Crippen molar-refractivity contribution in [2.24, 2.45) is 5.41 Å². The van der Waals surface area contributed by atoms with Gasteiger partial charge in [-0.3, -0.25) is 4.79 Å². The predicted molar refractivity (Wildman–Crippen MR) is 81.1 cm³/mol. The molecule has 0 atom stereocenters. The van der Waals surface area contributed by atoms with Crippen molar-refractivity contribution < 1.29 is 23.1 Å². The molecule has 2 rings (SSSR count). The predicted octanol–water partition coefficient (Wildman–Crippen LogP) is 1.50. The summed E-state index contributed by atoms with van der Waals surface area (Å²) in [5.74, 6) is -0.971. The largest absolute Gasteiger partial charge is 0.481 e. The third kappa shape index (κ3) is 3.31. The molecule has 0 spiro atoms. The van der Waals surface area contributed by atoms with Gasteiger partial charge in [0.2, 0.25) is 10.0 Å². The lowest BCUT2D eigenvalue weighted by atomic mass is 9.80. The molecule has 0 radical (unpaired) electrons. The zero-order valence-corrected chi connectivity index (χ0v) is 13.6. The Kier molecular flexibility index (Phi) is 4.89. The number of rotatable bonds is 5. The summed E-state index contributed by atoms with van der Waals surface area (Å²) in [6.07, 6.45) is 0.631. The van der Waals surface area contributed by atoms with E-state index in [2.05, 4.69) is 0 Å². The van der Waals surface area contributed by atoms with Crippen LogP contribution in [0.25, 0.3) is 0 Å². The van der Waals surface area contributed by atoms with Crippen molar-refractivity contribution in [1.29, 1.82) is 0 Å². The molecule has 1 aliphatic rings. The van der Waals surface area contributed by atoms with Crippen LogP contribution < -0.4 is 0 Å². The van der Waals surface area contributed by atoms with E-state index < -0.39 is 21.4 Å². The van der Waals surface area contributed by atoms with Crippen molar-refractivity contribution >= 4 is 16.0 Å². The van der Waals surface area contributed by atoms with E-state index in [0.717, 1.165) is 9.87 Å². The lowest BCUT2D eigenvalue weighted by molar-refractivity contribution is -0.155. The minimum Gasteiger partial charge on any atom is -0.481 e. The molecular weight excluding hydrogens is 306 g/mol. The molecule has 0 amide bonds. The maximum absolute atomic E-state index is 12.6. The van der Waals surface area contributed by atoms with Gasteiger partial charge in [-0.05, 0) is 31.9 Å². The Morgan fingerprint density at radius 2 is 1.82 bits per heavy atom. The standard InChI is InChI=1S/C15H21NO5S/c1-12-3-5-13(6-4-12)22(19,20)16(2)11-15(14(17)18)7-9-21-10-8-15/h3-6H,7-11H2,1-2H3,(H,17,18). The zero-order chi connectivity index (χ0) is 16.4. The Hall–Kier alpha value is -1.44. The van der Waals surface area contributed by atoms with E-state index in [1.807, 2.05) is 6.92 Å². The van der Waals surface area contributed by atoms with Crippen molar-refractivity contribution in [3.05, 3.63) is 29.8 Å². The first kappa shape index (κ1) is 16.9. The fourth-order valence-corrected chi connectivity index (χ4v) is 3.86. The van der Waals surface area contributed by atoms with Crippen molar-refractivity contribution in [2.75, 3.05) is 26.8 Å². The number of carboxylic acid groups (broad SMARTS) is 1. The molecule has 1 aromatic rings. The van der Waals surface area contributed by atoms with Gasteiger partial charge in [0.25, 0.3) is 0 Å². The van der Waals surface area contributed by atoms with Crippen LogP contribution in [-0.4, -0.2) is 50.6 Å².